The summed E-state index contributed by atoms with van der Waals surface area (Å²) in [4.78, 5) is 45.2. The van der Waals surface area contributed by atoms with Crippen molar-refractivity contribution < 1.29 is 23.9 Å². The summed E-state index contributed by atoms with van der Waals surface area (Å²) in [6.07, 6.45) is 1.69. The summed E-state index contributed by atoms with van der Waals surface area (Å²) in [5, 5.41) is 3.10. The Morgan fingerprint density at radius 2 is 1.79 bits per heavy atom. The fourth-order valence-electron chi connectivity index (χ4n) is 6.95. The van der Waals surface area contributed by atoms with Gasteiger partial charge in [-0.3, -0.25) is 19.3 Å². The monoisotopic (exact) mass is 459 g/mol. The molecule has 8 nitrogen and oxygen atoms in total. The summed E-state index contributed by atoms with van der Waals surface area (Å²) < 4.78 is 11.3. The molecule has 3 amide bonds. The third-order valence-electron chi connectivity index (χ3n) is 8.48. The van der Waals surface area contributed by atoms with E-state index in [0.29, 0.717) is 36.9 Å². The van der Waals surface area contributed by atoms with Crippen molar-refractivity contribution in [3.05, 3.63) is 47.0 Å². The Morgan fingerprint density at radius 1 is 1.00 bits per heavy atom. The van der Waals surface area contributed by atoms with E-state index in [0.717, 1.165) is 35.2 Å². The molecule has 0 aliphatic carbocycles. The zero-order valence-electron chi connectivity index (χ0n) is 19.1. The molecule has 2 aromatic carbocycles. The second-order valence-electron chi connectivity index (χ2n) is 9.90. The lowest BCUT2D eigenvalue weighted by Gasteiger charge is -2.36. The first-order valence-electron chi connectivity index (χ1n) is 11.9. The summed E-state index contributed by atoms with van der Waals surface area (Å²) >= 11 is 0. The number of imide groups is 1. The van der Waals surface area contributed by atoms with Gasteiger partial charge in [-0.2, -0.15) is 0 Å². The Balaban J connectivity index is 1.39. The molecule has 34 heavy (non-hydrogen) atoms. The van der Waals surface area contributed by atoms with E-state index in [9.17, 15) is 14.4 Å². The minimum atomic E-state index is -1.16. The molecule has 0 radical (unpaired) electrons. The Hall–Kier alpha value is -3.39. The van der Waals surface area contributed by atoms with E-state index in [2.05, 4.69) is 10.2 Å². The maximum Gasteiger partial charge on any atom is 0.250 e. The molecule has 3 fully saturated rings. The van der Waals surface area contributed by atoms with E-state index in [1.165, 1.54) is 4.90 Å². The number of nitrogens with zero attached hydrogens (tertiary/aromatic N) is 2. The molecular formula is C26H25N3O5. The Bertz CT molecular complexity index is 1310. The molecular weight excluding hydrogens is 434 g/mol. The van der Waals surface area contributed by atoms with Gasteiger partial charge in [0.05, 0.1) is 17.5 Å². The summed E-state index contributed by atoms with van der Waals surface area (Å²) in [5.41, 5.74) is 3.00. The van der Waals surface area contributed by atoms with Gasteiger partial charge >= 0.3 is 0 Å². The van der Waals surface area contributed by atoms with Gasteiger partial charge in [-0.05, 0) is 56.5 Å². The average molecular weight is 460 g/mol. The second kappa shape index (κ2) is 6.60. The molecule has 8 heteroatoms. The summed E-state index contributed by atoms with van der Waals surface area (Å²) in [6.45, 7) is 5.58. The number of amides is 3. The third-order valence-corrected chi connectivity index (χ3v) is 8.48. The van der Waals surface area contributed by atoms with Gasteiger partial charge in [0.2, 0.25) is 17.7 Å². The maximum atomic E-state index is 14.1. The molecule has 4 atom stereocenters. The van der Waals surface area contributed by atoms with Crippen LogP contribution < -0.4 is 19.7 Å². The normalized spacial score (nSPS) is 31.2. The van der Waals surface area contributed by atoms with E-state index >= 15 is 0 Å². The zero-order valence-corrected chi connectivity index (χ0v) is 19.1. The minimum absolute atomic E-state index is 0.137. The lowest BCUT2D eigenvalue weighted by Crippen LogP contribution is -2.54. The van der Waals surface area contributed by atoms with Crippen molar-refractivity contribution in [3.8, 4) is 11.5 Å². The quantitative estimate of drug-likeness (QED) is 0.660. The molecule has 174 valence electrons. The fourth-order valence-corrected chi connectivity index (χ4v) is 6.95. The number of nitrogens with one attached hydrogen (secondary N) is 1. The summed E-state index contributed by atoms with van der Waals surface area (Å²) in [6, 6.07) is 8.99. The number of carbonyl (C=O) groups is 3. The average Bonchev–Trinajstić information content (AvgIpc) is 3.55. The van der Waals surface area contributed by atoms with Crippen LogP contribution in [0.1, 0.15) is 29.5 Å². The van der Waals surface area contributed by atoms with Crippen molar-refractivity contribution in [1.29, 1.82) is 0 Å². The van der Waals surface area contributed by atoms with Crippen molar-refractivity contribution in [2.45, 2.75) is 38.3 Å². The molecule has 2 aromatic rings. The minimum Gasteiger partial charge on any atom is -0.486 e. The van der Waals surface area contributed by atoms with Crippen LogP contribution in [0, 0.1) is 25.7 Å². The second-order valence-corrected chi connectivity index (χ2v) is 9.90. The highest BCUT2D eigenvalue weighted by atomic mass is 16.6. The van der Waals surface area contributed by atoms with Crippen LogP contribution in [-0.4, -0.2) is 48.4 Å². The highest BCUT2D eigenvalue weighted by Crippen LogP contribution is 2.61. The van der Waals surface area contributed by atoms with Crippen molar-refractivity contribution in [1.82, 2.24) is 4.90 Å². The first kappa shape index (κ1) is 20.0. The SMILES string of the molecule is Cc1ccc2c(c1C)NC(=O)[C@]21[C@@H]2C(=O)N(c3ccc4c(c3)OCCO4)C(=O)[C@@H]2[C@@H]2CCCN21. The molecule has 5 heterocycles. The molecule has 5 aliphatic rings. The van der Waals surface area contributed by atoms with Crippen LogP contribution in [0.4, 0.5) is 11.4 Å². The van der Waals surface area contributed by atoms with E-state index in [1.54, 1.807) is 18.2 Å². The van der Waals surface area contributed by atoms with Crippen LogP contribution in [0.3, 0.4) is 0 Å². The van der Waals surface area contributed by atoms with Crippen molar-refractivity contribution >= 4 is 29.1 Å². The molecule has 0 unspecified atom stereocenters. The van der Waals surface area contributed by atoms with Gasteiger partial charge in [-0.15, -0.1) is 0 Å². The van der Waals surface area contributed by atoms with Gasteiger partial charge in [0, 0.05) is 23.4 Å². The largest absolute Gasteiger partial charge is 0.486 e. The number of hydrogen-bond acceptors (Lipinski definition) is 6. The van der Waals surface area contributed by atoms with Crippen LogP contribution >= 0.6 is 0 Å². The number of hydrogen-bond donors (Lipinski definition) is 1. The van der Waals surface area contributed by atoms with Crippen LogP contribution in [0.5, 0.6) is 11.5 Å². The summed E-state index contributed by atoms with van der Waals surface area (Å²) in [5.74, 6) is -0.937. The van der Waals surface area contributed by atoms with E-state index in [4.69, 9.17) is 9.47 Å². The van der Waals surface area contributed by atoms with Crippen LogP contribution in [-0.2, 0) is 19.9 Å². The molecule has 0 bridgehead atoms. The van der Waals surface area contributed by atoms with Gasteiger partial charge in [0.15, 0.2) is 11.5 Å². The number of aryl methyl sites for hydroxylation is 1. The smallest absolute Gasteiger partial charge is 0.250 e. The van der Waals surface area contributed by atoms with Crippen molar-refractivity contribution in [2.75, 3.05) is 30.0 Å². The number of carbonyl (C=O) groups excluding carboxylic acids is 3. The zero-order chi connectivity index (χ0) is 23.4. The van der Waals surface area contributed by atoms with E-state index in [1.807, 2.05) is 26.0 Å². The standard InChI is InChI=1S/C26H25N3O5/c1-13-5-7-16-22(14(13)2)27-25(32)26(16)21-20(17-4-3-9-28(17)26)23(30)29(24(21)31)15-6-8-18-19(12-15)34-11-10-33-18/h5-8,12,17,20-21H,3-4,9-11H2,1-2H3,(H,27,32)/t17-,20+,21-,26+/m0/s1. The topological polar surface area (TPSA) is 88.2 Å². The van der Waals surface area contributed by atoms with Crippen molar-refractivity contribution in [2.24, 2.45) is 11.8 Å². The number of anilines is 2. The van der Waals surface area contributed by atoms with E-state index in [-0.39, 0.29) is 23.8 Å². The molecule has 5 aliphatic heterocycles. The predicted octanol–water partition coefficient (Wildman–Crippen LogP) is 2.51. The summed E-state index contributed by atoms with van der Waals surface area (Å²) in [7, 11) is 0. The van der Waals surface area contributed by atoms with E-state index < -0.39 is 17.4 Å². The number of fused-ring (bicyclic) bond motifs is 8. The number of ether oxygens (including phenoxy) is 2. The number of benzene rings is 2. The van der Waals surface area contributed by atoms with Crippen molar-refractivity contribution in [3.63, 3.8) is 0 Å². The van der Waals surface area contributed by atoms with Gasteiger partial charge in [0.25, 0.3) is 0 Å². The van der Waals surface area contributed by atoms with Gasteiger partial charge in [-0.1, -0.05) is 12.1 Å². The Labute approximate surface area is 196 Å². The molecule has 0 aromatic heterocycles. The molecule has 3 saturated heterocycles. The molecule has 0 saturated carbocycles. The maximum absolute atomic E-state index is 14.1. The lowest BCUT2D eigenvalue weighted by molar-refractivity contribution is -0.135. The predicted molar refractivity (Wildman–Crippen MR) is 123 cm³/mol. The molecule has 1 spiro atoms. The highest BCUT2D eigenvalue weighted by molar-refractivity contribution is 6.26. The van der Waals surface area contributed by atoms with Gasteiger partial charge < -0.3 is 14.8 Å². The molecule has 7 rings (SSSR count). The fraction of sp³-hybridized carbons (Fsp3) is 0.423. The van der Waals surface area contributed by atoms with Gasteiger partial charge in [-0.25, -0.2) is 4.90 Å². The van der Waals surface area contributed by atoms with Gasteiger partial charge in [0.1, 0.15) is 18.8 Å². The van der Waals surface area contributed by atoms with Crippen LogP contribution in [0.2, 0.25) is 0 Å². The Morgan fingerprint density at radius 3 is 2.62 bits per heavy atom. The lowest BCUT2D eigenvalue weighted by atomic mass is 9.75. The third kappa shape index (κ3) is 2.20. The van der Waals surface area contributed by atoms with Crippen LogP contribution in [0.15, 0.2) is 30.3 Å². The molecule has 1 N–H and O–H groups in total. The highest BCUT2D eigenvalue weighted by Gasteiger charge is 2.74. The number of rotatable bonds is 1. The van der Waals surface area contributed by atoms with Crippen LogP contribution in [0.25, 0.3) is 0 Å². The Kier molecular flexibility index (Phi) is 3.89. The first-order valence-corrected chi connectivity index (χ1v) is 11.9. The first-order chi connectivity index (χ1) is 16.4.